The van der Waals surface area contributed by atoms with Crippen molar-refractivity contribution < 1.29 is 20.1 Å². The van der Waals surface area contributed by atoms with Gasteiger partial charge in [0.2, 0.25) is 0 Å². The van der Waals surface area contributed by atoms with Crippen molar-refractivity contribution >= 4 is 44.8 Å². The Hall–Kier alpha value is -3.73. The van der Waals surface area contributed by atoms with E-state index in [-0.39, 0.29) is 25.5 Å². The number of rotatable bonds is 5. The van der Waals surface area contributed by atoms with Crippen molar-refractivity contribution in [2.45, 2.75) is 53.8 Å². The molecule has 0 aliphatic rings. The maximum atomic E-state index is 4.71. The maximum absolute atomic E-state index is 4.71. The van der Waals surface area contributed by atoms with E-state index < -0.39 is 8.07 Å². The molecule has 0 aliphatic heterocycles. The van der Waals surface area contributed by atoms with Gasteiger partial charge in [-0.3, -0.25) is 0 Å². The molecule has 0 saturated carbocycles. The Kier molecular flexibility index (Phi) is 11.0. The van der Waals surface area contributed by atoms with Gasteiger partial charge in [0.25, 0.3) is 0 Å². The molecule has 7 rings (SSSR count). The van der Waals surface area contributed by atoms with E-state index in [1.165, 1.54) is 47.6 Å². The first-order valence-electron chi connectivity index (χ1n) is 16.3. The summed E-state index contributed by atoms with van der Waals surface area (Å²) in [6.07, 6.45) is 5.08. The van der Waals surface area contributed by atoms with E-state index in [0.717, 1.165) is 28.9 Å². The Labute approximate surface area is 304 Å². The standard InChI is InChI=1S/C24H16NS.C19H26NSi.Ir/c1-16-12-13-25-22(14-16)21-9-5-8-20-19-11-10-18(15-23(19)26-24(20)21)17-6-3-2-4-7-17;1-19(2,3)13-16-12-17(15-10-8-7-9-11-15)20-14-18(16)21(4,5)6;/h2-8,10-15H,1H3;7-10,12,14H,13H2,1-6H3;/q2*-1;. The van der Waals surface area contributed by atoms with E-state index in [9.17, 15) is 0 Å². The first-order chi connectivity index (χ1) is 22.5. The van der Waals surface area contributed by atoms with Crippen molar-refractivity contribution in [3.63, 3.8) is 0 Å². The normalized spacial score (nSPS) is 11.6. The Bertz CT molecular complexity index is 2140. The minimum Gasteiger partial charge on any atom is -0.305 e. The van der Waals surface area contributed by atoms with Gasteiger partial charge in [0.1, 0.15) is 0 Å². The van der Waals surface area contributed by atoms with Crippen molar-refractivity contribution in [3.05, 3.63) is 139 Å². The Morgan fingerprint density at radius 3 is 2.19 bits per heavy atom. The molecule has 1 radical (unpaired) electrons. The van der Waals surface area contributed by atoms with E-state index in [0.29, 0.717) is 0 Å². The minimum atomic E-state index is -1.37. The monoisotopic (exact) mass is 839 g/mol. The number of thiophene rings is 1. The van der Waals surface area contributed by atoms with Crippen molar-refractivity contribution in [2.24, 2.45) is 5.41 Å². The number of hydrogen-bond donors (Lipinski definition) is 0. The van der Waals surface area contributed by atoms with Gasteiger partial charge in [-0.25, -0.2) is 0 Å². The van der Waals surface area contributed by atoms with Gasteiger partial charge in [-0.1, -0.05) is 112 Å². The quantitative estimate of drug-likeness (QED) is 0.127. The first-order valence-corrected chi connectivity index (χ1v) is 20.6. The molecule has 0 atom stereocenters. The summed E-state index contributed by atoms with van der Waals surface area (Å²) in [4.78, 5) is 9.28. The van der Waals surface area contributed by atoms with E-state index in [1.807, 2.05) is 47.9 Å². The summed E-state index contributed by atoms with van der Waals surface area (Å²) in [7, 11) is -1.37. The second-order valence-electron chi connectivity index (χ2n) is 14.5. The van der Waals surface area contributed by atoms with Crippen molar-refractivity contribution in [1.29, 1.82) is 0 Å². The van der Waals surface area contributed by atoms with Crippen LogP contribution in [0.3, 0.4) is 0 Å². The zero-order valence-corrected chi connectivity index (χ0v) is 33.0. The van der Waals surface area contributed by atoms with Gasteiger partial charge in [-0.15, -0.1) is 59.7 Å². The maximum Gasteiger partial charge on any atom is 0.0798 e. The van der Waals surface area contributed by atoms with Crippen LogP contribution in [0.5, 0.6) is 0 Å². The van der Waals surface area contributed by atoms with Crippen LogP contribution in [-0.4, -0.2) is 18.0 Å². The summed E-state index contributed by atoms with van der Waals surface area (Å²) < 4.78 is 2.56. The largest absolute Gasteiger partial charge is 0.305 e. The fourth-order valence-electron chi connectivity index (χ4n) is 6.00. The van der Waals surface area contributed by atoms with E-state index in [2.05, 4.69) is 143 Å². The van der Waals surface area contributed by atoms with Crippen LogP contribution in [0.1, 0.15) is 31.9 Å². The van der Waals surface area contributed by atoms with Crippen molar-refractivity contribution in [1.82, 2.24) is 9.97 Å². The predicted molar refractivity (Wildman–Crippen MR) is 206 cm³/mol. The van der Waals surface area contributed by atoms with Gasteiger partial charge in [-0.2, -0.15) is 11.3 Å². The van der Waals surface area contributed by atoms with Crippen molar-refractivity contribution in [2.75, 3.05) is 0 Å². The molecular weight excluding hydrogens is 797 g/mol. The van der Waals surface area contributed by atoms with Crippen LogP contribution in [0.15, 0.2) is 116 Å². The Balaban J connectivity index is 0.000000189. The molecule has 0 saturated heterocycles. The number of aryl methyl sites for hydroxylation is 1. The zero-order chi connectivity index (χ0) is 33.2. The number of fused-ring (bicyclic) bond motifs is 3. The number of pyridine rings is 2. The number of nitrogens with zero attached hydrogens (tertiary/aromatic N) is 2. The fraction of sp³-hybridized carbons (Fsp3) is 0.209. The van der Waals surface area contributed by atoms with Gasteiger partial charge in [0.05, 0.1) is 8.07 Å². The first kappa shape index (κ1) is 35.6. The average molecular weight is 839 g/mol. The second kappa shape index (κ2) is 14.8. The molecule has 0 aliphatic carbocycles. The van der Waals surface area contributed by atoms with E-state index >= 15 is 0 Å². The summed E-state index contributed by atoms with van der Waals surface area (Å²) in [5.41, 5.74) is 9.67. The van der Waals surface area contributed by atoms with Crippen molar-refractivity contribution in [3.8, 4) is 33.6 Å². The molecule has 7 aromatic rings. The van der Waals surface area contributed by atoms with Crippen LogP contribution < -0.4 is 5.19 Å². The van der Waals surface area contributed by atoms with Crippen LogP contribution in [-0.2, 0) is 26.5 Å². The third-order valence-corrected chi connectivity index (χ3v) is 11.5. The number of hydrogen-bond acceptors (Lipinski definition) is 3. The molecule has 48 heavy (non-hydrogen) atoms. The smallest absolute Gasteiger partial charge is 0.0798 e. The summed E-state index contributed by atoms with van der Waals surface area (Å²) in [5.74, 6) is 0. The molecule has 0 fully saturated rings. The van der Waals surface area contributed by atoms with Crippen LogP contribution in [0, 0.1) is 24.5 Å². The average Bonchev–Trinajstić information content (AvgIpc) is 3.43. The number of aromatic nitrogens is 2. The summed E-state index contributed by atoms with van der Waals surface area (Å²) >= 11 is 1.83. The predicted octanol–water partition coefficient (Wildman–Crippen LogP) is 11.6. The minimum absolute atomic E-state index is 0. The molecule has 0 unspecified atom stereocenters. The summed E-state index contributed by atoms with van der Waals surface area (Å²) in [5, 5.41) is 4.06. The molecule has 0 spiro atoms. The van der Waals surface area contributed by atoms with Crippen LogP contribution in [0.2, 0.25) is 19.6 Å². The van der Waals surface area contributed by atoms with Gasteiger partial charge in [-0.05, 0) is 68.7 Å². The van der Waals surface area contributed by atoms with Gasteiger partial charge < -0.3 is 9.97 Å². The molecule has 0 bridgehead atoms. The third-order valence-electron chi connectivity index (χ3n) is 8.22. The number of benzene rings is 4. The van der Waals surface area contributed by atoms with Crippen LogP contribution in [0.25, 0.3) is 53.8 Å². The molecule has 2 nitrogen and oxygen atoms in total. The molecule has 245 valence electrons. The van der Waals surface area contributed by atoms with Gasteiger partial charge >= 0.3 is 0 Å². The third kappa shape index (κ3) is 8.27. The van der Waals surface area contributed by atoms with E-state index in [4.69, 9.17) is 4.98 Å². The topological polar surface area (TPSA) is 25.8 Å². The molecule has 5 heteroatoms. The second-order valence-corrected chi connectivity index (χ2v) is 20.6. The molecular formula is C43H42IrN2SSi-2. The molecule has 3 heterocycles. The van der Waals surface area contributed by atoms with Crippen LogP contribution in [0.4, 0.5) is 0 Å². The molecule has 0 N–H and O–H groups in total. The molecule has 0 amide bonds. The summed E-state index contributed by atoms with van der Waals surface area (Å²) in [6, 6.07) is 42.7. The van der Waals surface area contributed by atoms with Crippen LogP contribution >= 0.6 is 11.3 Å². The molecule has 4 aromatic carbocycles. The Morgan fingerprint density at radius 1 is 0.729 bits per heavy atom. The SMILES string of the molecule is CC(C)(C)Cc1cc(-c2[c-]cccc2)ncc1[Si](C)(C)C.Cc1ccnc(-c2[c-]ccc3c2sc2cc(-c4ccccc4)ccc23)c1.[Ir]. The van der Waals surface area contributed by atoms with Gasteiger partial charge in [0.15, 0.2) is 0 Å². The van der Waals surface area contributed by atoms with E-state index in [1.54, 1.807) is 0 Å². The van der Waals surface area contributed by atoms with Gasteiger partial charge in [0, 0.05) is 37.2 Å². The molecule has 3 aromatic heterocycles. The summed E-state index contributed by atoms with van der Waals surface area (Å²) in [6.45, 7) is 16.2. The Morgan fingerprint density at radius 2 is 1.50 bits per heavy atom. The zero-order valence-electron chi connectivity index (χ0n) is 28.8. The fourth-order valence-corrected chi connectivity index (χ4v) is 8.83.